The summed E-state index contributed by atoms with van der Waals surface area (Å²) in [6.07, 6.45) is 2.75. The maximum atomic E-state index is 12.8. The van der Waals surface area contributed by atoms with Gasteiger partial charge < -0.3 is 15.0 Å². The molecule has 0 atom stereocenters. The molecule has 30 heavy (non-hydrogen) atoms. The van der Waals surface area contributed by atoms with Crippen molar-refractivity contribution in [2.24, 2.45) is 0 Å². The maximum Gasteiger partial charge on any atom is 0.341 e. The summed E-state index contributed by atoms with van der Waals surface area (Å²) in [5.41, 5.74) is 1.14. The van der Waals surface area contributed by atoms with E-state index in [0.29, 0.717) is 39.1 Å². The predicted octanol–water partition coefficient (Wildman–Crippen LogP) is 5.28. The SMILES string of the molecule is CCN(CC)C(=O)c1sc(NC(=O)/C=C/c2c(Cl)cccc2Cl)c(C(=O)OC)c1C. The Kier molecular flexibility index (Phi) is 8.46. The quantitative estimate of drug-likeness (QED) is 0.442. The molecule has 0 bridgehead atoms. The Balaban J connectivity index is 2.37. The van der Waals surface area contributed by atoms with Crippen LogP contribution in [-0.4, -0.2) is 42.9 Å². The smallest absolute Gasteiger partial charge is 0.341 e. The topological polar surface area (TPSA) is 75.7 Å². The zero-order valence-electron chi connectivity index (χ0n) is 17.0. The highest BCUT2D eigenvalue weighted by Crippen LogP contribution is 2.34. The molecule has 1 heterocycles. The van der Waals surface area contributed by atoms with Crippen molar-refractivity contribution in [1.29, 1.82) is 0 Å². The van der Waals surface area contributed by atoms with Crippen LogP contribution in [0.2, 0.25) is 10.0 Å². The molecule has 0 fully saturated rings. The van der Waals surface area contributed by atoms with Gasteiger partial charge >= 0.3 is 5.97 Å². The van der Waals surface area contributed by atoms with Crippen molar-refractivity contribution in [3.05, 3.63) is 55.9 Å². The minimum Gasteiger partial charge on any atom is -0.465 e. The van der Waals surface area contributed by atoms with Crippen LogP contribution in [0, 0.1) is 6.92 Å². The van der Waals surface area contributed by atoms with E-state index in [0.717, 1.165) is 11.3 Å². The molecule has 6 nitrogen and oxygen atoms in total. The summed E-state index contributed by atoms with van der Waals surface area (Å²) in [7, 11) is 1.25. The first-order valence-electron chi connectivity index (χ1n) is 9.19. The number of amides is 2. The monoisotopic (exact) mass is 468 g/mol. The van der Waals surface area contributed by atoms with Gasteiger partial charge in [-0.2, -0.15) is 0 Å². The number of methoxy groups -OCH3 is 1. The van der Waals surface area contributed by atoms with Gasteiger partial charge in [0.1, 0.15) is 5.00 Å². The second kappa shape index (κ2) is 10.6. The van der Waals surface area contributed by atoms with E-state index in [1.165, 1.54) is 19.3 Å². The minimum atomic E-state index is -0.629. The third-order valence-corrected chi connectivity index (χ3v) is 6.27. The van der Waals surface area contributed by atoms with Crippen LogP contribution in [0.15, 0.2) is 24.3 Å². The minimum absolute atomic E-state index is 0.163. The summed E-state index contributed by atoms with van der Waals surface area (Å²) in [5.74, 6) is -1.33. The molecule has 0 unspecified atom stereocenters. The number of hydrogen-bond acceptors (Lipinski definition) is 5. The van der Waals surface area contributed by atoms with Gasteiger partial charge in [0.05, 0.1) is 17.6 Å². The number of ether oxygens (including phenoxy) is 1. The van der Waals surface area contributed by atoms with E-state index in [9.17, 15) is 14.4 Å². The van der Waals surface area contributed by atoms with Gasteiger partial charge in [0.25, 0.3) is 5.91 Å². The lowest BCUT2D eigenvalue weighted by atomic mass is 10.1. The zero-order valence-corrected chi connectivity index (χ0v) is 19.4. The molecule has 2 amide bonds. The van der Waals surface area contributed by atoms with Crippen LogP contribution in [-0.2, 0) is 9.53 Å². The van der Waals surface area contributed by atoms with Crippen molar-refractivity contribution in [2.45, 2.75) is 20.8 Å². The van der Waals surface area contributed by atoms with E-state index in [2.05, 4.69) is 5.32 Å². The number of rotatable bonds is 7. The molecule has 2 rings (SSSR count). The number of anilines is 1. The van der Waals surface area contributed by atoms with Gasteiger partial charge in [-0.05, 0) is 44.5 Å². The lowest BCUT2D eigenvalue weighted by Gasteiger charge is -2.17. The van der Waals surface area contributed by atoms with Crippen molar-refractivity contribution in [3.8, 4) is 0 Å². The Hall–Kier alpha value is -2.35. The van der Waals surface area contributed by atoms with Crippen molar-refractivity contribution in [2.75, 3.05) is 25.5 Å². The number of halogens is 2. The molecule has 2 aromatic rings. The number of thiophene rings is 1. The van der Waals surface area contributed by atoms with Gasteiger partial charge in [-0.1, -0.05) is 29.3 Å². The number of nitrogens with one attached hydrogen (secondary N) is 1. The third-order valence-electron chi connectivity index (χ3n) is 4.42. The Bertz CT molecular complexity index is 977. The normalized spacial score (nSPS) is 10.9. The second-order valence-electron chi connectivity index (χ2n) is 6.19. The first-order chi connectivity index (χ1) is 14.2. The zero-order chi connectivity index (χ0) is 22.4. The molecule has 0 radical (unpaired) electrons. The highest BCUT2D eigenvalue weighted by Gasteiger charge is 2.27. The number of esters is 1. The third kappa shape index (κ3) is 5.22. The molecule has 0 aliphatic heterocycles. The van der Waals surface area contributed by atoms with E-state index in [1.54, 1.807) is 30.0 Å². The molecule has 0 aliphatic rings. The van der Waals surface area contributed by atoms with E-state index in [1.807, 2.05) is 13.8 Å². The molecule has 0 aliphatic carbocycles. The van der Waals surface area contributed by atoms with Gasteiger partial charge in [0, 0.05) is 34.8 Å². The average Bonchev–Trinajstić information content (AvgIpc) is 3.03. The van der Waals surface area contributed by atoms with Gasteiger partial charge in [0.2, 0.25) is 5.91 Å². The molecule has 0 spiro atoms. The molecule has 1 aromatic carbocycles. The molecule has 0 saturated heterocycles. The predicted molar refractivity (Wildman–Crippen MR) is 122 cm³/mol. The van der Waals surface area contributed by atoms with Gasteiger partial charge in [-0.25, -0.2) is 4.79 Å². The second-order valence-corrected chi connectivity index (χ2v) is 8.02. The molecule has 1 N–H and O–H groups in total. The molecule has 160 valence electrons. The van der Waals surface area contributed by atoms with Crippen molar-refractivity contribution >= 4 is 63.4 Å². The van der Waals surface area contributed by atoms with Crippen molar-refractivity contribution in [1.82, 2.24) is 4.90 Å². The highest BCUT2D eigenvalue weighted by atomic mass is 35.5. The summed E-state index contributed by atoms with van der Waals surface area (Å²) < 4.78 is 4.84. The van der Waals surface area contributed by atoms with Crippen molar-refractivity contribution in [3.63, 3.8) is 0 Å². The average molecular weight is 469 g/mol. The fourth-order valence-electron chi connectivity index (χ4n) is 2.79. The van der Waals surface area contributed by atoms with E-state index < -0.39 is 11.9 Å². The van der Waals surface area contributed by atoms with Crippen LogP contribution in [0.5, 0.6) is 0 Å². The van der Waals surface area contributed by atoms with E-state index in [4.69, 9.17) is 27.9 Å². The number of carbonyl (C=O) groups excluding carboxylic acids is 3. The van der Waals surface area contributed by atoms with Crippen LogP contribution in [0.3, 0.4) is 0 Å². The first kappa shape index (κ1) is 23.9. The Morgan fingerprint density at radius 2 is 1.77 bits per heavy atom. The maximum absolute atomic E-state index is 12.8. The summed E-state index contributed by atoms with van der Waals surface area (Å²) in [4.78, 5) is 39.6. The molecular weight excluding hydrogens is 447 g/mol. The highest BCUT2D eigenvalue weighted by molar-refractivity contribution is 7.18. The lowest BCUT2D eigenvalue weighted by molar-refractivity contribution is -0.111. The van der Waals surface area contributed by atoms with Crippen LogP contribution < -0.4 is 5.32 Å². The van der Waals surface area contributed by atoms with Crippen LogP contribution in [0.4, 0.5) is 5.00 Å². The summed E-state index contributed by atoms with van der Waals surface area (Å²) in [6.45, 7) is 6.47. The molecular formula is C21H22Cl2N2O4S. The van der Waals surface area contributed by atoms with Crippen LogP contribution >= 0.6 is 34.5 Å². The van der Waals surface area contributed by atoms with Gasteiger partial charge in [0.15, 0.2) is 0 Å². The van der Waals surface area contributed by atoms with E-state index >= 15 is 0 Å². The van der Waals surface area contributed by atoms with E-state index in [-0.39, 0.29) is 16.5 Å². The van der Waals surface area contributed by atoms with Gasteiger partial charge in [-0.15, -0.1) is 11.3 Å². The Morgan fingerprint density at radius 3 is 2.30 bits per heavy atom. The fourth-order valence-corrected chi connectivity index (χ4v) is 4.48. The molecule has 9 heteroatoms. The van der Waals surface area contributed by atoms with Crippen LogP contribution in [0.1, 0.15) is 45.0 Å². The Morgan fingerprint density at radius 1 is 1.17 bits per heavy atom. The lowest BCUT2D eigenvalue weighted by Crippen LogP contribution is -2.30. The number of nitrogens with zero attached hydrogens (tertiary/aromatic N) is 1. The van der Waals surface area contributed by atoms with Crippen LogP contribution in [0.25, 0.3) is 6.08 Å². The number of hydrogen-bond donors (Lipinski definition) is 1. The number of carbonyl (C=O) groups is 3. The summed E-state index contributed by atoms with van der Waals surface area (Å²) >= 11 is 13.3. The molecule has 1 aromatic heterocycles. The summed E-state index contributed by atoms with van der Waals surface area (Å²) in [5, 5.41) is 3.71. The van der Waals surface area contributed by atoms with Gasteiger partial charge in [-0.3, -0.25) is 9.59 Å². The first-order valence-corrected chi connectivity index (χ1v) is 10.8. The standard InChI is InChI=1S/C21H22Cl2N2O4S/c1-5-25(6-2)20(27)18-12(3)17(21(28)29-4)19(30-18)24-16(26)11-10-13-14(22)8-7-9-15(13)23/h7-11H,5-6H2,1-4H3,(H,24,26)/b11-10+. The number of benzene rings is 1. The Labute approximate surface area is 189 Å². The van der Waals surface area contributed by atoms with Crippen molar-refractivity contribution < 1.29 is 19.1 Å². The fraction of sp³-hybridized carbons (Fsp3) is 0.286. The largest absolute Gasteiger partial charge is 0.465 e. The molecule has 0 saturated carbocycles. The summed E-state index contributed by atoms with van der Waals surface area (Å²) in [6, 6.07) is 5.02.